The standard InChI is InChI=1S/C25H24ClN3O4/c1-3-32-21-14-10-20(11-15-21)27-24(30)25(31)29-28-17(2)18-8-12-22(13-9-18)33-16-19-6-4-5-7-23(19)26/h4-15H,3,16H2,1-2H3,(H,27,30)(H,29,31)/b28-17+. The summed E-state index contributed by atoms with van der Waals surface area (Å²) in [5.41, 5.74) is 4.95. The second-order valence-electron chi connectivity index (χ2n) is 6.95. The van der Waals surface area contributed by atoms with Gasteiger partial charge in [-0.05, 0) is 74.0 Å². The number of carbonyl (C=O) groups is 2. The van der Waals surface area contributed by atoms with E-state index in [1.807, 2.05) is 43.3 Å². The maximum Gasteiger partial charge on any atom is 0.329 e. The number of halogens is 1. The lowest BCUT2D eigenvalue weighted by Crippen LogP contribution is -2.32. The molecule has 170 valence electrons. The number of hydrogen-bond acceptors (Lipinski definition) is 5. The molecule has 0 saturated heterocycles. The molecule has 3 aromatic rings. The minimum Gasteiger partial charge on any atom is -0.494 e. The fourth-order valence-electron chi connectivity index (χ4n) is 2.81. The van der Waals surface area contributed by atoms with Gasteiger partial charge in [-0.3, -0.25) is 9.59 Å². The van der Waals surface area contributed by atoms with E-state index >= 15 is 0 Å². The highest BCUT2D eigenvalue weighted by Gasteiger charge is 2.13. The van der Waals surface area contributed by atoms with Crippen molar-refractivity contribution in [1.29, 1.82) is 0 Å². The van der Waals surface area contributed by atoms with Gasteiger partial charge < -0.3 is 14.8 Å². The molecule has 3 aromatic carbocycles. The Labute approximate surface area is 197 Å². The number of nitrogens with one attached hydrogen (secondary N) is 2. The van der Waals surface area contributed by atoms with Crippen LogP contribution in [0.15, 0.2) is 77.9 Å². The van der Waals surface area contributed by atoms with Crippen LogP contribution in [-0.4, -0.2) is 24.1 Å². The monoisotopic (exact) mass is 465 g/mol. The van der Waals surface area contributed by atoms with E-state index in [-0.39, 0.29) is 0 Å². The van der Waals surface area contributed by atoms with E-state index in [1.165, 1.54) is 0 Å². The van der Waals surface area contributed by atoms with Gasteiger partial charge >= 0.3 is 11.8 Å². The molecule has 0 aliphatic heterocycles. The molecule has 8 heteroatoms. The first kappa shape index (κ1) is 23.8. The fourth-order valence-corrected chi connectivity index (χ4v) is 3.00. The highest BCUT2D eigenvalue weighted by Crippen LogP contribution is 2.19. The first-order valence-electron chi connectivity index (χ1n) is 10.3. The number of nitrogens with zero attached hydrogens (tertiary/aromatic N) is 1. The topological polar surface area (TPSA) is 89.0 Å². The zero-order valence-corrected chi connectivity index (χ0v) is 19.1. The smallest absolute Gasteiger partial charge is 0.329 e. The van der Waals surface area contributed by atoms with Crippen molar-refractivity contribution in [3.8, 4) is 11.5 Å². The number of benzene rings is 3. The Hall–Kier alpha value is -3.84. The molecule has 3 rings (SSSR count). The third kappa shape index (κ3) is 7.08. The number of anilines is 1. The lowest BCUT2D eigenvalue weighted by Gasteiger charge is -2.09. The number of hydrogen-bond donors (Lipinski definition) is 2. The molecule has 7 nitrogen and oxygen atoms in total. The van der Waals surface area contributed by atoms with Crippen molar-refractivity contribution in [1.82, 2.24) is 5.43 Å². The van der Waals surface area contributed by atoms with Gasteiger partial charge in [-0.15, -0.1) is 0 Å². The van der Waals surface area contributed by atoms with Gasteiger partial charge in [0, 0.05) is 16.3 Å². The molecule has 33 heavy (non-hydrogen) atoms. The van der Waals surface area contributed by atoms with Crippen LogP contribution in [0, 0.1) is 0 Å². The number of rotatable bonds is 8. The predicted octanol–water partition coefficient (Wildman–Crippen LogP) is 4.80. The average Bonchev–Trinajstić information content (AvgIpc) is 2.83. The second-order valence-corrected chi connectivity index (χ2v) is 7.36. The van der Waals surface area contributed by atoms with Crippen molar-refractivity contribution in [3.05, 3.63) is 88.9 Å². The van der Waals surface area contributed by atoms with Gasteiger partial charge in [0.05, 0.1) is 12.3 Å². The molecule has 0 unspecified atom stereocenters. The Bertz CT molecular complexity index is 1130. The molecule has 0 saturated carbocycles. The minimum absolute atomic E-state index is 0.353. The zero-order valence-electron chi connectivity index (χ0n) is 18.3. The summed E-state index contributed by atoms with van der Waals surface area (Å²) < 4.78 is 11.1. The minimum atomic E-state index is -0.872. The second kappa shape index (κ2) is 11.7. The maximum absolute atomic E-state index is 12.1. The van der Waals surface area contributed by atoms with Crippen LogP contribution in [0.25, 0.3) is 0 Å². The number of amides is 2. The number of ether oxygens (including phenoxy) is 2. The van der Waals surface area contributed by atoms with E-state index in [2.05, 4.69) is 15.8 Å². The Morgan fingerprint density at radius 1 is 0.879 bits per heavy atom. The molecular weight excluding hydrogens is 442 g/mol. The molecular formula is C25H24ClN3O4. The van der Waals surface area contributed by atoms with Gasteiger partial charge in [0.15, 0.2) is 0 Å². The average molecular weight is 466 g/mol. The third-order valence-corrected chi connectivity index (χ3v) is 4.95. The highest BCUT2D eigenvalue weighted by molar-refractivity contribution is 6.39. The van der Waals surface area contributed by atoms with Gasteiger partial charge in [0.25, 0.3) is 0 Å². The summed E-state index contributed by atoms with van der Waals surface area (Å²) in [6.07, 6.45) is 0. The van der Waals surface area contributed by atoms with E-state index in [0.717, 1.165) is 11.1 Å². The summed E-state index contributed by atoms with van der Waals surface area (Å²) in [7, 11) is 0. The Morgan fingerprint density at radius 2 is 1.52 bits per heavy atom. The summed E-state index contributed by atoms with van der Waals surface area (Å²) in [4.78, 5) is 24.1. The van der Waals surface area contributed by atoms with E-state index in [4.69, 9.17) is 21.1 Å². The molecule has 0 radical (unpaired) electrons. The van der Waals surface area contributed by atoms with Crippen LogP contribution >= 0.6 is 11.6 Å². The first-order chi connectivity index (χ1) is 16.0. The van der Waals surface area contributed by atoms with Crippen molar-refractivity contribution in [3.63, 3.8) is 0 Å². The van der Waals surface area contributed by atoms with Crippen LogP contribution in [0.5, 0.6) is 11.5 Å². The predicted molar refractivity (Wildman–Crippen MR) is 129 cm³/mol. The third-order valence-electron chi connectivity index (χ3n) is 4.58. The SMILES string of the molecule is CCOc1ccc(NC(=O)C(=O)N/N=C(\C)c2ccc(OCc3ccccc3Cl)cc2)cc1. The Kier molecular flexibility index (Phi) is 8.43. The summed E-state index contributed by atoms with van der Waals surface area (Å²) in [6, 6.07) is 21.4. The van der Waals surface area contributed by atoms with Crippen molar-refractivity contribution < 1.29 is 19.1 Å². The summed E-state index contributed by atoms with van der Waals surface area (Å²) in [5.74, 6) is -0.340. The van der Waals surface area contributed by atoms with Crippen LogP contribution in [0.4, 0.5) is 5.69 Å². The molecule has 2 N–H and O–H groups in total. The summed E-state index contributed by atoms with van der Waals surface area (Å²) >= 11 is 6.14. The lowest BCUT2D eigenvalue weighted by molar-refractivity contribution is -0.136. The molecule has 0 atom stereocenters. The van der Waals surface area contributed by atoms with E-state index in [9.17, 15) is 9.59 Å². The van der Waals surface area contributed by atoms with E-state index in [1.54, 1.807) is 43.3 Å². The van der Waals surface area contributed by atoms with Crippen LogP contribution in [0.3, 0.4) is 0 Å². The summed E-state index contributed by atoms with van der Waals surface area (Å²) in [5, 5.41) is 7.17. The first-order valence-corrected chi connectivity index (χ1v) is 10.7. The van der Waals surface area contributed by atoms with Crippen LogP contribution in [0.2, 0.25) is 5.02 Å². The van der Waals surface area contributed by atoms with E-state index < -0.39 is 11.8 Å². The van der Waals surface area contributed by atoms with Crippen molar-refractivity contribution in [2.45, 2.75) is 20.5 Å². The molecule has 0 heterocycles. The molecule has 0 fully saturated rings. The van der Waals surface area contributed by atoms with Crippen molar-refractivity contribution in [2.75, 3.05) is 11.9 Å². The molecule has 0 aliphatic rings. The highest BCUT2D eigenvalue weighted by atomic mass is 35.5. The molecule has 2 amide bonds. The summed E-state index contributed by atoms with van der Waals surface area (Å²) in [6.45, 7) is 4.51. The molecule has 0 aromatic heterocycles. The lowest BCUT2D eigenvalue weighted by atomic mass is 10.1. The molecule has 0 aliphatic carbocycles. The van der Waals surface area contributed by atoms with Crippen molar-refractivity contribution in [2.24, 2.45) is 5.10 Å². The van der Waals surface area contributed by atoms with Crippen LogP contribution in [0.1, 0.15) is 25.0 Å². The quantitative estimate of drug-likeness (QED) is 0.284. The van der Waals surface area contributed by atoms with Gasteiger partial charge in [-0.1, -0.05) is 29.8 Å². The molecule has 0 bridgehead atoms. The Balaban J connectivity index is 1.51. The van der Waals surface area contributed by atoms with Crippen molar-refractivity contribution >= 4 is 34.8 Å². The van der Waals surface area contributed by atoms with Gasteiger partial charge in [-0.25, -0.2) is 5.43 Å². The van der Waals surface area contributed by atoms with Gasteiger partial charge in [0.1, 0.15) is 18.1 Å². The van der Waals surface area contributed by atoms with Gasteiger partial charge in [-0.2, -0.15) is 5.10 Å². The Morgan fingerprint density at radius 3 is 2.18 bits per heavy atom. The largest absolute Gasteiger partial charge is 0.494 e. The zero-order chi connectivity index (χ0) is 23.6. The van der Waals surface area contributed by atoms with E-state index in [0.29, 0.717) is 41.1 Å². The number of carbonyl (C=O) groups excluding carboxylic acids is 2. The van der Waals surface area contributed by atoms with Crippen LogP contribution < -0.4 is 20.2 Å². The van der Waals surface area contributed by atoms with Gasteiger partial charge in [0.2, 0.25) is 0 Å². The van der Waals surface area contributed by atoms with Crippen LogP contribution in [-0.2, 0) is 16.2 Å². The fraction of sp³-hybridized carbons (Fsp3) is 0.160. The maximum atomic E-state index is 12.1. The number of hydrazone groups is 1. The normalized spacial score (nSPS) is 10.9. The molecule has 0 spiro atoms.